The lowest BCUT2D eigenvalue weighted by molar-refractivity contribution is -0.125. The van der Waals surface area contributed by atoms with Gasteiger partial charge in [-0.05, 0) is 44.7 Å². The third kappa shape index (κ3) is 4.27. The monoisotopic (exact) mass is 263 g/mol. The fourth-order valence-electron chi connectivity index (χ4n) is 1.96. The number of carbonyl (C=O) groups excluding carboxylic acids is 1. The third-order valence-electron chi connectivity index (χ3n) is 3.76. The summed E-state index contributed by atoms with van der Waals surface area (Å²) in [7, 11) is 0. The minimum atomic E-state index is -0.138. The predicted molar refractivity (Wildman–Crippen MR) is 78.5 cm³/mol. The molecule has 0 radical (unpaired) electrons. The van der Waals surface area contributed by atoms with E-state index in [4.69, 9.17) is 4.74 Å². The van der Waals surface area contributed by atoms with E-state index in [1.807, 2.05) is 32.0 Å². The lowest BCUT2D eigenvalue weighted by Gasteiger charge is -2.28. The summed E-state index contributed by atoms with van der Waals surface area (Å²) >= 11 is 0. The molecule has 0 heterocycles. The number of carbonyl (C=O) groups is 1. The van der Waals surface area contributed by atoms with Crippen molar-refractivity contribution in [2.45, 2.75) is 53.0 Å². The lowest BCUT2D eigenvalue weighted by Crippen LogP contribution is -2.46. The van der Waals surface area contributed by atoms with Gasteiger partial charge in [-0.2, -0.15) is 0 Å². The SMILES string of the molecule is CCC(C)(CC)NC(=O)COc1c(C)cccc1C. The van der Waals surface area contributed by atoms with E-state index in [1.54, 1.807) is 0 Å². The summed E-state index contributed by atoms with van der Waals surface area (Å²) in [4.78, 5) is 11.9. The van der Waals surface area contributed by atoms with E-state index in [-0.39, 0.29) is 18.1 Å². The molecule has 3 heteroatoms. The zero-order valence-electron chi connectivity index (χ0n) is 12.7. The van der Waals surface area contributed by atoms with E-state index in [1.165, 1.54) is 0 Å². The first-order valence-electron chi connectivity index (χ1n) is 6.92. The average Bonchev–Trinajstić information content (AvgIpc) is 2.38. The maximum atomic E-state index is 11.9. The van der Waals surface area contributed by atoms with E-state index < -0.39 is 0 Å². The molecule has 0 bridgehead atoms. The number of hydrogen-bond acceptors (Lipinski definition) is 2. The molecule has 1 aromatic carbocycles. The van der Waals surface area contributed by atoms with Crippen LogP contribution in [0.4, 0.5) is 0 Å². The van der Waals surface area contributed by atoms with Crippen LogP contribution >= 0.6 is 0 Å². The number of amides is 1. The number of rotatable bonds is 6. The van der Waals surface area contributed by atoms with Gasteiger partial charge in [0, 0.05) is 5.54 Å². The summed E-state index contributed by atoms with van der Waals surface area (Å²) in [6.07, 6.45) is 1.83. The molecule has 106 valence electrons. The zero-order valence-corrected chi connectivity index (χ0v) is 12.7. The molecule has 0 aliphatic heterocycles. The molecule has 19 heavy (non-hydrogen) atoms. The minimum absolute atomic E-state index is 0.0612. The third-order valence-corrected chi connectivity index (χ3v) is 3.76. The molecular weight excluding hydrogens is 238 g/mol. The van der Waals surface area contributed by atoms with Crippen molar-refractivity contribution in [2.75, 3.05) is 6.61 Å². The van der Waals surface area contributed by atoms with Crippen molar-refractivity contribution in [1.82, 2.24) is 5.32 Å². The highest BCUT2D eigenvalue weighted by atomic mass is 16.5. The van der Waals surface area contributed by atoms with Crippen molar-refractivity contribution >= 4 is 5.91 Å². The fraction of sp³-hybridized carbons (Fsp3) is 0.562. The average molecular weight is 263 g/mol. The van der Waals surface area contributed by atoms with Gasteiger partial charge in [0.1, 0.15) is 5.75 Å². The molecule has 1 amide bonds. The molecule has 1 aromatic rings. The highest BCUT2D eigenvalue weighted by molar-refractivity contribution is 5.78. The maximum absolute atomic E-state index is 11.9. The van der Waals surface area contributed by atoms with Gasteiger partial charge >= 0.3 is 0 Å². The molecule has 0 spiro atoms. The van der Waals surface area contributed by atoms with E-state index in [0.717, 1.165) is 29.7 Å². The standard InChI is InChI=1S/C16H25NO2/c1-6-16(5,7-2)17-14(18)11-19-15-12(3)9-8-10-13(15)4/h8-10H,6-7,11H2,1-5H3,(H,17,18). The van der Waals surface area contributed by atoms with Gasteiger partial charge in [-0.1, -0.05) is 32.0 Å². The Morgan fingerprint density at radius 1 is 1.21 bits per heavy atom. The molecule has 0 aliphatic rings. The number of nitrogens with one attached hydrogen (secondary N) is 1. The Hall–Kier alpha value is -1.51. The quantitative estimate of drug-likeness (QED) is 0.854. The number of para-hydroxylation sites is 1. The Morgan fingerprint density at radius 2 is 1.74 bits per heavy atom. The van der Waals surface area contributed by atoms with Crippen molar-refractivity contribution in [3.05, 3.63) is 29.3 Å². The molecule has 0 aliphatic carbocycles. The summed E-state index contributed by atoms with van der Waals surface area (Å²) in [5, 5.41) is 3.04. The Morgan fingerprint density at radius 3 is 2.21 bits per heavy atom. The van der Waals surface area contributed by atoms with Crippen molar-refractivity contribution in [3.8, 4) is 5.75 Å². The van der Waals surface area contributed by atoms with Gasteiger partial charge in [-0.25, -0.2) is 0 Å². The Bertz CT molecular complexity index is 416. The van der Waals surface area contributed by atoms with Crippen LogP contribution in [0.15, 0.2) is 18.2 Å². The van der Waals surface area contributed by atoms with Crippen molar-refractivity contribution in [2.24, 2.45) is 0 Å². The van der Waals surface area contributed by atoms with Gasteiger partial charge in [0.15, 0.2) is 6.61 Å². The first-order valence-corrected chi connectivity index (χ1v) is 6.92. The van der Waals surface area contributed by atoms with Gasteiger partial charge in [0.05, 0.1) is 0 Å². The molecule has 0 unspecified atom stereocenters. The lowest BCUT2D eigenvalue weighted by atomic mass is 9.96. The van der Waals surface area contributed by atoms with E-state index in [0.29, 0.717) is 0 Å². The Kier molecular flexibility index (Phi) is 5.40. The molecule has 0 saturated heterocycles. The smallest absolute Gasteiger partial charge is 0.258 e. The summed E-state index contributed by atoms with van der Waals surface area (Å²) in [5.41, 5.74) is 1.98. The number of hydrogen-bond donors (Lipinski definition) is 1. The molecule has 0 atom stereocenters. The predicted octanol–water partition coefficient (Wildman–Crippen LogP) is 3.38. The van der Waals surface area contributed by atoms with Crippen LogP contribution in [-0.4, -0.2) is 18.1 Å². The number of ether oxygens (including phenoxy) is 1. The molecule has 1 rings (SSSR count). The first-order chi connectivity index (χ1) is 8.91. The molecule has 0 saturated carbocycles. The van der Waals surface area contributed by atoms with Crippen LogP contribution in [-0.2, 0) is 4.79 Å². The number of aryl methyl sites for hydroxylation is 2. The van der Waals surface area contributed by atoms with Crippen LogP contribution in [0.2, 0.25) is 0 Å². The largest absolute Gasteiger partial charge is 0.483 e. The highest BCUT2D eigenvalue weighted by Crippen LogP contribution is 2.22. The van der Waals surface area contributed by atoms with E-state index in [2.05, 4.69) is 26.1 Å². The summed E-state index contributed by atoms with van der Waals surface area (Å²) < 4.78 is 5.65. The molecule has 1 N–H and O–H groups in total. The zero-order chi connectivity index (χ0) is 14.5. The summed E-state index contributed by atoms with van der Waals surface area (Å²) in [6, 6.07) is 5.97. The normalized spacial score (nSPS) is 11.2. The van der Waals surface area contributed by atoms with Crippen molar-refractivity contribution in [1.29, 1.82) is 0 Å². The van der Waals surface area contributed by atoms with Gasteiger partial charge in [-0.3, -0.25) is 4.79 Å². The second-order valence-electron chi connectivity index (χ2n) is 5.33. The van der Waals surface area contributed by atoms with Crippen LogP contribution < -0.4 is 10.1 Å². The Labute approximate surface area is 116 Å². The number of benzene rings is 1. The van der Waals surface area contributed by atoms with Crippen LogP contribution in [0, 0.1) is 13.8 Å². The van der Waals surface area contributed by atoms with Crippen molar-refractivity contribution < 1.29 is 9.53 Å². The summed E-state index contributed by atoms with van der Waals surface area (Å²) in [6.45, 7) is 10.3. The van der Waals surface area contributed by atoms with Gasteiger partial charge in [0.2, 0.25) is 0 Å². The summed E-state index contributed by atoms with van der Waals surface area (Å²) in [5.74, 6) is 0.751. The van der Waals surface area contributed by atoms with Gasteiger partial charge in [-0.15, -0.1) is 0 Å². The van der Waals surface area contributed by atoms with Crippen LogP contribution in [0.25, 0.3) is 0 Å². The van der Waals surface area contributed by atoms with Gasteiger partial charge in [0.25, 0.3) is 5.91 Å². The molecular formula is C16H25NO2. The Balaban J connectivity index is 2.60. The molecule has 0 aromatic heterocycles. The topological polar surface area (TPSA) is 38.3 Å². The van der Waals surface area contributed by atoms with Crippen molar-refractivity contribution in [3.63, 3.8) is 0 Å². The molecule has 3 nitrogen and oxygen atoms in total. The molecule has 0 fully saturated rings. The van der Waals surface area contributed by atoms with Crippen LogP contribution in [0.1, 0.15) is 44.7 Å². The highest BCUT2D eigenvalue weighted by Gasteiger charge is 2.22. The maximum Gasteiger partial charge on any atom is 0.258 e. The van der Waals surface area contributed by atoms with Crippen LogP contribution in [0.3, 0.4) is 0 Å². The second kappa shape index (κ2) is 6.60. The minimum Gasteiger partial charge on any atom is -0.483 e. The van der Waals surface area contributed by atoms with E-state index >= 15 is 0 Å². The van der Waals surface area contributed by atoms with Crippen LogP contribution in [0.5, 0.6) is 5.75 Å². The first kappa shape index (κ1) is 15.5. The van der Waals surface area contributed by atoms with Gasteiger partial charge < -0.3 is 10.1 Å². The fourth-order valence-corrected chi connectivity index (χ4v) is 1.96. The second-order valence-corrected chi connectivity index (χ2v) is 5.33. The van der Waals surface area contributed by atoms with E-state index in [9.17, 15) is 4.79 Å².